The predicted octanol–water partition coefficient (Wildman–Crippen LogP) is 2.90. The van der Waals surface area contributed by atoms with Crippen LogP contribution in [0.5, 0.6) is 5.75 Å². The van der Waals surface area contributed by atoms with Crippen LogP contribution in [-0.4, -0.2) is 14.9 Å². The molecule has 3 nitrogen and oxygen atoms in total. The summed E-state index contributed by atoms with van der Waals surface area (Å²) in [6, 6.07) is 0. The Balaban J connectivity index is 2.88. The maximum Gasteiger partial charge on any atom is 0.159 e. The van der Waals surface area contributed by atoms with Gasteiger partial charge in [0.25, 0.3) is 0 Å². The summed E-state index contributed by atoms with van der Waals surface area (Å²) < 4.78 is 1.97. The molecule has 0 atom stereocenters. The predicted molar refractivity (Wildman–Crippen MR) is 62.1 cm³/mol. The molecular weight excluding hydrogens is 188 g/mol. The number of unbranched alkanes of at least 4 members (excludes halogenated alkanes) is 1. The second-order valence-electron chi connectivity index (χ2n) is 4.56. The van der Waals surface area contributed by atoms with E-state index in [0.717, 1.165) is 37.2 Å². The van der Waals surface area contributed by atoms with Crippen LogP contribution in [0.4, 0.5) is 0 Å². The second kappa shape index (κ2) is 5.19. The summed E-state index contributed by atoms with van der Waals surface area (Å²) in [6.45, 7) is 9.26. The van der Waals surface area contributed by atoms with Crippen LogP contribution in [0, 0.1) is 12.8 Å². The molecule has 86 valence electrons. The molecule has 15 heavy (non-hydrogen) atoms. The average molecular weight is 210 g/mol. The molecule has 0 amide bonds. The molecule has 0 radical (unpaired) electrons. The third-order valence-corrected chi connectivity index (χ3v) is 2.52. The van der Waals surface area contributed by atoms with Crippen LogP contribution in [0.15, 0.2) is 0 Å². The van der Waals surface area contributed by atoms with E-state index in [-0.39, 0.29) is 0 Å². The highest BCUT2D eigenvalue weighted by Crippen LogP contribution is 2.24. The Morgan fingerprint density at radius 1 is 1.40 bits per heavy atom. The molecule has 1 aromatic heterocycles. The van der Waals surface area contributed by atoms with Crippen molar-refractivity contribution < 1.29 is 5.11 Å². The van der Waals surface area contributed by atoms with Gasteiger partial charge in [-0.05, 0) is 25.7 Å². The number of hydrogen-bond acceptors (Lipinski definition) is 2. The molecule has 0 bridgehead atoms. The van der Waals surface area contributed by atoms with Crippen molar-refractivity contribution >= 4 is 0 Å². The molecule has 1 rings (SSSR count). The van der Waals surface area contributed by atoms with Gasteiger partial charge < -0.3 is 5.11 Å². The maximum absolute atomic E-state index is 9.88. The zero-order valence-electron chi connectivity index (χ0n) is 10.2. The van der Waals surface area contributed by atoms with Crippen LogP contribution in [0.3, 0.4) is 0 Å². The highest BCUT2D eigenvalue weighted by atomic mass is 16.3. The molecule has 3 heteroatoms. The van der Waals surface area contributed by atoms with Crippen LogP contribution in [-0.2, 0) is 13.0 Å². The van der Waals surface area contributed by atoms with Crippen molar-refractivity contribution in [3.63, 3.8) is 0 Å². The van der Waals surface area contributed by atoms with E-state index in [9.17, 15) is 5.11 Å². The van der Waals surface area contributed by atoms with E-state index in [1.807, 2.05) is 11.6 Å². The van der Waals surface area contributed by atoms with Crippen molar-refractivity contribution in [2.45, 2.75) is 53.5 Å². The lowest BCUT2D eigenvalue weighted by Gasteiger charge is -2.09. The number of aromatic hydroxyl groups is 1. The van der Waals surface area contributed by atoms with E-state index < -0.39 is 0 Å². The van der Waals surface area contributed by atoms with Gasteiger partial charge in [0, 0.05) is 6.54 Å². The first-order valence-corrected chi connectivity index (χ1v) is 5.81. The van der Waals surface area contributed by atoms with Gasteiger partial charge in [-0.15, -0.1) is 0 Å². The monoisotopic (exact) mass is 210 g/mol. The third kappa shape index (κ3) is 2.98. The third-order valence-electron chi connectivity index (χ3n) is 2.52. The Morgan fingerprint density at radius 3 is 2.60 bits per heavy atom. The van der Waals surface area contributed by atoms with Gasteiger partial charge in [0.2, 0.25) is 0 Å². The summed E-state index contributed by atoms with van der Waals surface area (Å²) in [5.74, 6) is 0.937. The van der Waals surface area contributed by atoms with E-state index in [2.05, 4.69) is 25.9 Å². The smallest absolute Gasteiger partial charge is 0.159 e. The standard InChI is InChI=1S/C12H22N2O/c1-5-6-7-14-11(8-9(2)3)12(15)10(4)13-14/h9,15H,5-8H2,1-4H3. The molecular formula is C12H22N2O. The summed E-state index contributed by atoms with van der Waals surface area (Å²) in [6.07, 6.45) is 3.17. The topological polar surface area (TPSA) is 38.0 Å². The summed E-state index contributed by atoms with van der Waals surface area (Å²) in [4.78, 5) is 0. The number of aryl methyl sites for hydroxylation is 2. The molecule has 0 unspecified atom stereocenters. The SMILES string of the molecule is CCCCn1nc(C)c(O)c1CC(C)C. The van der Waals surface area contributed by atoms with E-state index >= 15 is 0 Å². The van der Waals surface area contributed by atoms with Gasteiger partial charge in [-0.2, -0.15) is 5.10 Å². The van der Waals surface area contributed by atoms with Crippen molar-refractivity contribution in [3.8, 4) is 5.75 Å². The molecule has 0 aliphatic carbocycles. The maximum atomic E-state index is 9.88. The number of hydrogen-bond donors (Lipinski definition) is 1. The molecule has 0 fully saturated rings. The first-order valence-electron chi connectivity index (χ1n) is 5.81. The molecule has 0 spiro atoms. The summed E-state index contributed by atoms with van der Waals surface area (Å²) in [5.41, 5.74) is 1.75. The van der Waals surface area contributed by atoms with Gasteiger partial charge in [0.15, 0.2) is 5.75 Å². The first kappa shape index (κ1) is 12.1. The first-order chi connectivity index (χ1) is 7.06. The van der Waals surface area contributed by atoms with Crippen molar-refractivity contribution in [1.29, 1.82) is 0 Å². The van der Waals surface area contributed by atoms with Crippen LogP contribution < -0.4 is 0 Å². The van der Waals surface area contributed by atoms with Crippen LogP contribution in [0.25, 0.3) is 0 Å². The van der Waals surface area contributed by atoms with Gasteiger partial charge in [-0.25, -0.2) is 0 Å². The normalized spacial score (nSPS) is 11.3. The highest BCUT2D eigenvalue weighted by Gasteiger charge is 2.14. The number of rotatable bonds is 5. The fourth-order valence-electron chi connectivity index (χ4n) is 1.70. The minimum atomic E-state index is 0.389. The number of nitrogens with zero attached hydrogens (tertiary/aromatic N) is 2. The Labute approximate surface area is 92.1 Å². The average Bonchev–Trinajstić information content (AvgIpc) is 2.42. The van der Waals surface area contributed by atoms with Crippen molar-refractivity contribution in [3.05, 3.63) is 11.4 Å². The molecule has 0 saturated heterocycles. The van der Waals surface area contributed by atoms with Crippen molar-refractivity contribution in [1.82, 2.24) is 9.78 Å². The molecule has 0 aromatic carbocycles. The molecule has 1 aromatic rings. The molecule has 1 heterocycles. The molecule has 0 saturated carbocycles. The largest absolute Gasteiger partial charge is 0.504 e. The lowest BCUT2D eigenvalue weighted by Crippen LogP contribution is -2.07. The zero-order chi connectivity index (χ0) is 11.4. The Bertz CT molecular complexity index is 316. The minimum absolute atomic E-state index is 0.389. The number of aromatic nitrogens is 2. The molecule has 0 aliphatic heterocycles. The van der Waals surface area contributed by atoms with Crippen molar-refractivity contribution in [2.75, 3.05) is 0 Å². The Morgan fingerprint density at radius 2 is 2.07 bits per heavy atom. The fourth-order valence-corrected chi connectivity index (χ4v) is 1.70. The lowest BCUT2D eigenvalue weighted by atomic mass is 10.1. The summed E-state index contributed by atoms with van der Waals surface area (Å²) in [7, 11) is 0. The molecule has 0 aliphatic rings. The quantitative estimate of drug-likeness (QED) is 0.811. The van der Waals surface area contributed by atoms with Gasteiger partial charge in [0.1, 0.15) is 5.69 Å². The van der Waals surface area contributed by atoms with Crippen molar-refractivity contribution in [2.24, 2.45) is 5.92 Å². The zero-order valence-corrected chi connectivity index (χ0v) is 10.2. The Hall–Kier alpha value is -0.990. The van der Waals surface area contributed by atoms with Gasteiger partial charge in [-0.1, -0.05) is 27.2 Å². The highest BCUT2D eigenvalue weighted by molar-refractivity contribution is 5.31. The Kier molecular flexibility index (Phi) is 4.18. The van der Waals surface area contributed by atoms with Gasteiger partial charge in [-0.3, -0.25) is 4.68 Å². The second-order valence-corrected chi connectivity index (χ2v) is 4.56. The van der Waals surface area contributed by atoms with Gasteiger partial charge >= 0.3 is 0 Å². The van der Waals surface area contributed by atoms with Gasteiger partial charge in [0.05, 0.1) is 5.69 Å². The lowest BCUT2D eigenvalue weighted by molar-refractivity contribution is 0.448. The summed E-state index contributed by atoms with van der Waals surface area (Å²) >= 11 is 0. The van der Waals surface area contributed by atoms with E-state index in [1.54, 1.807) is 0 Å². The summed E-state index contributed by atoms with van der Waals surface area (Å²) in [5, 5.41) is 14.3. The van der Waals surface area contributed by atoms with Crippen LogP contribution in [0.1, 0.15) is 45.0 Å². The van der Waals surface area contributed by atoms with E-state index in [1.165, 1.54) is 0 Å². The van der Waals surface area contributed by atoms with Crippen LogP contribution >= 0.6 is 0 Å². The molecule has 1 N–H and O–H groups in total. The van der Waals surface area contributed by atoms with E-state index in [4.69, 9.17) is 0 Å². The van der Waals surface area contributed by atoms with Crippen LogP contribution in [0.2, 0.25) is 0 Å². The van der Waals surface area contributed by atoms with E-state index in [0.29, 0.717) is 11.7 Å². The minimum Gasteiger partial charge on any atom is -0.504 e. The fraction of sp³-hybridized carbons (Fsp3) is 0.750.